The molecule has 0 N–H and O–H groups in total. The van der Waals surface area contributed by atoms with Gasteiger partial charge in [0.25, 0.3) is 5.91 Å². The predicted molar refractivity (Wildman–Crippen MR) is 124 cm³/mol. The molecule has 2 aliphatic rings. The van der Waals surface area contributed by atoms with Crippen LogP contribution in [0.3, 0.4) is 0 Å². The van der Waals surface area contributed by atoms with Gasteiger partial charge in [-0.2, -0.15) is 5.10 Å². The quantitative estimate of drug-likeness (QED) is 0.616. The average molecular weight is 452 g/mol. The lowest BCUT2D eigenvalue weighted by Gasteiger charge is -2.25. The monoisotopic (exact) mass is 451 g/mol. The van der Waals surface area contributed by atoms with E-state index in [0.717, 1.165) is 35.4 Å². The molecule has 2 amide bonds. The molecule has 0 saturated heterocycles. The van der Waals surface area contributed by atoms with E-state index >= 15 is 0 Å². The topological polar surface area (TPSA) is 80.7 Å². The smallest absolute Gasteiger partial charge is 0.262 e. The Labute approximate surface area is 193 Å². The number of carbonyl (C=O) groups excluding carboxylic acids is 2. The average Bonchev–Trinajstić information content (AvgIpc) is 3.61. The minimum Gasteiger partial charge on any atom is -0.497 e. The first-order chi connectivity index (χ1) is 15.9. The van der Waals surface area contributed by atoms with Gasteiger partial charge in [-0.3, -0.25) is 9.59 Å². The molecule has 4 rings (SSSR count). The summed E-state index contributed by atoms with van der Waals surface area (Å²) in [5, 5.41) is 6.20. The molecule has 0 unspecified atom stereocenters. The van der Waals surface area contributed by atoms with Crippen LogP contribution < -0.4 is 14.2 Å². The fraction of sp³-hybridized carbons (Fsp3) is 0.400. The number of benzene rings is 2. The number of rotatable bonds is 8. The minimum absolute atomic E-state index is 0.0154. The lowest BCUT2D eigenvalue weighted by molar-refractivity contribution is -0.141. The van der Waals surface area contributed by atoms with E-state index in [1.54, 1.807) is 34.4 Å². The zero-order valence-electron chi connectivity index (χ0n) is 19.4. The van der Waals surface area contributed by atoms with Crippen molar-refractivity contribution in [2.75, 3.05) is 34.9 Å². The molecule has 1 heterocycles. The third kappa shape index (κ3) is 4.79. The molecule has 2 aromatic rings. The van der Waals surface area contributed by atoms with Crippen molar-refractivity contribution in [2.24, 2.45) is 11.0 Å². The van der Waals surface area contributed by atoms with Gasteiger partial charge in [0.05, 0.1) is 33.1 Å². The number of likely N-dealkylation sites (N-methyl/N-ethyl adjacent to an activating group) is 1. The van der Waals surface area contributed by atoms with Gasteiger partial charge in [-0.1, -0.05) is 12.1 Å². The van der Waals surface area contributed by atoms with Crippen LogP contribution in [-0.2, 0) is 9.59 Å². The summed E-state index contributed by atoms with van der Waals surface area (Å²) in [6.07, 6.45) is 2.31. The Morgan fingerprint density at radius 2 is 1.67 bits per heavy atom. The van der Waals surface area contributed by atoms with Gasteiger partial charge < -0.3 is 19.1 Å². The number of hydrogen-bond donors (Lipinski definition) is 0. The van der Waals surface area contributed by atoms with Crippen molar-refractivity contribution in [1.29, 1.82) is 0 Å². The maximum atomic E-state index is 13.3. The van der Waals surface area contributed by atoms with Crippen molar-refractivity contribution in [1.82, 2.24) is 9.91 Å². The number of nitrogens with zero attached hydrogens (tertiary/aromatic N) is 3. The maximum Gasteiger partial charge on any atom is 0.262 e. The van der Waals surface area contributed by atoms with E-state index in [4.69, 9.17) is 19.3 Å². The second kappa shape index (κ2) is 9.52. The van der Waals surface area contributed by atoms with E-state index in [-0.39, 0.29) is 30.3 Å². The van der Waals surface area contributed by atoms with Gasteiger partial charge >= 0.3 is 0 Å². The van der Waals surface area contributed by atoms with Crippen LogP contribution in [-0.4, -0.2) is 62.4 Å². The van der Waals surface area contributed by atoms with Crippen LogP contribution in [0.4, 0.5) is 0 Å². The second-order valence-corrected chi connectivity index (χ2v) is 8.31. The molecule has 1 fully saturated rings. The second-order valence-electron chi connectivity index (χ2n) is 8.31. The Bertz CT molecular complexity index is 1060. The molecule has 1 aliphatic carbocycles. The van der Waals surface area contributed by atoms with E-state index < -0.39 is 0 Å². The van der Waals surface area contributed by atoms with Gasteiger partial charge in [0.15, 0.2) is 0 Å². The van der Waals surface area contributed by atoms with Crippen LogP contribution in [0.15, 0.2) is 47.6 Å². The van der Waals surface area contributed by atoms with Crippen molar-refractivity contribution in [3.63, 3.8) is 0 Å². The molecular formula is C25H29N3O5. The Morgan fingerprint density at radius 1 is 1.00 bits per heavy atom. The molecule has 0 radical (unpaired) electrons. The van der Waals surface area contributed by atoms with Crippen LogP contribution >= 0.6 is 0 Å². The van der Waals surface area contributed by atoms with E-state index in [1.807, 2.05) is 36.4 Å². The first kappa shape index (κ1) is 22.6. The number of amides is 2. The van der Waals surface area contributed by atoms with Gasteiger partial charge in [-0.15, -0.1) is 0 Å². The molecule has 1 atom stereocenters. The lowest BCUT2D eigenvalue weighted by atomic mass is 9.97. The maximum absolute atomic E-state index is 13.3. The Hall–Kier alpha value is -3.55. The van der Waals surface area contributed by atoms with Gasteiger partial charge in [0.2, 0.25) is 5.91 Å². The van der Waals surface area contributed by atoms with Crippen molar-refractivity contribution in [2.45, 2.75) is 25.3 Å². The van der Waals surface area contributed by atoms with E-state index in [9.17, 15) is 9.59 Å². The third-order valence-corrected chi connectivity index (χ3v) is 6.06. The summed E-state index contributed by atoms with van der Waals surface area (Å²) in [4.78, 5) is 27.2. The van der Waals surface area contributed by atoms with E-state index in [1.165, 1.54) is 9.91 Å². The zero-order valence-corrected chi connectivity index (χ0v) is 19.4. The fourth-order valence-corrected chi connectivity index (χ4v) is 4.02. The number of carbonyl (C=O) groups is 2. The summed E-state index contributed by atoms with van der Waals surface area (Å²) in [6, 6.07) is 12.8. The highest BCUT2D eigenvalue weighted by molar-refractivity contribution is 6.05. The standard InChI is InChI=1S/C25H29N3O5/c1-27(25(30)17-5-6-17)15-24(29)28-22(16-7-9-18(31-2)10-8-16)14-21(26-28)20-12-11-19(32-3)13-23(20)33-4/h7-13,17,22H,5-6,14-15H2,1-4H3/t22-/m0/s1. The number of hydrazone groups is 1. The van der Waals surface area contributed by atoms with Gasteiger partial charge in [0.1, 0.15) is 23.8 Å². The summed E-state index contributed by atoms with van der Waals surface area (Å²) < 4.78 is 16.1. The first-order valence-corrected chi connectivity index (χ1v) is 11.0. The fourth-order valence-electron chi connectivity index (χ4n) is 4.02. The summed E-state index contributed by atoms with van der Waals surface area (Å²) in [6.45, 7) is -0.0154. The molecule has 33 heavy (non-hydrogen) atoms. The first-order valence-electron chi connectivity index (χ1n) is 11.0. The number of methoxy groups -OCH3 is 3. The van der Waals surface area contributed by atoms with Crippen molar-refractivity contribution in [3.8, 4) is 17.2 Å². The van der Waals surface area contributed by atoms with Crippen LogP contribution in [0, 0.1) is 5.92 Å². The van der Waals surface area contributed by atoms with Gasteiger partial charge in [-0.05, 0) is 42.7 Å². The summed E-state index contributed by atoms with van der Waals surface area (Å²) in [5.41, 5.74) is 2.47. The van der Waals surface area contributed by atoms with Crippen LogP contribution in [0.25, 0.3) is 0 Å². The lowest BCUT2D eigenvalue weighted by Crippen LogP contribution is -2.39. The normalized spacial score (nSPS) is 17.4. The molecule has 8 heteroatoms. The molecule has 1 saturated carbocycles. The summed E-state index contributed by atoms with van der Waals surface area (Å²) in [5.74, 6) is 1.88. The van der Waals surface area contributed by atoms with Gasteiger partial charge in [-0.25, -0.2) is 5.01 Å². The predicted octanol–water partition coefficient (Wildman–Crippen LogP) is 3.26. The molecule has 2 aromatic carbocycles. The molecular weight excluding hydrogens is 422 g/mol. The van der Waals surface area contributed by atoms with Crippen molar-refractivity contribution < 1.29 is 23.8 Å². The molecule has 0 bridgehead atoms. The van der Waals surface area contributed by atoms with Crippen molar-refractivity contribution in [3.05, 3.63) is 53.6 Å². The van der Waals surface area contributed by atoms with E-state index in [0.29, 0.717) is 17.9 Å². The van der Waals surface area contributed by atoms with Crippen LogP contribution in [0.5, 0.6) is 17.2 Å². The highest BCUT2D eigenvalue weighted by Gasteiger charge is 2.37. The SMILES string of the molecule is COc1ccc([C@@H]2CC(c3ccc(OC)cc3OC)=NN2C(=O)CN(C)C(=O)C2CC2)cc1. The highest BCUT2D eigenvalue weighted by atomic mass is 16.5. The Morgan fingerprint density at radius 3 is 2.27 bits per heavy atom. The Kier molecular flexibility index (Phi) is 6.53. The summed E-state index contributed by atoms with van der Waals surface area (Å²) in [7, 11) is 6.48. The number of hydrogen-bond acceptors (Lipinski definition) is 6. The molecule has 0 aromatic heterocycles. The van der Waals surface area contributed by atoms with Gasteiger partial charge in [0, 0.05) is 31.0 Å². The minimum atomic E-state index is -0.297. The van der Waals surface area contributed by atoms with Crippen molar-refractivity contribution >= 4 is 17.5 Å². The molecule has 0 spiro atoms. The van der Waals surface area contributed by atoms with Crippen LogP contribution in [0.1, 0.15) is 36.4 Å². The molecule has 174 valence electrons. The highest BCUT2D eigenvalue weighted by Crippen LogP contribution is 2.37. The summed E-state index contributed by atoms with van der Waals surface area (Å²) >= 11 is 0. The molecule has 1 aliphatic heterocycles. The molecule has 8 nitrogen and oxygen atoms in total. The van der Waals surface area contributed by atoms with Crippen LogP contribution in [0.2, 0.25) is 0 Å². The van der Waals surface area contributed by atoms with E-state index in [2.05, 4.69) is 0 Å². The Balaban J connectivity index is 1.64. The third-order valence-electron chi connectivity index (χ3n) is 6.06. The largest absolute Gasteiger partial charge is 0.497 e. The number of ether oxygens (including phenoxy) is 3. The zero-order chi connectivity index (χ0) is 23.5.